The van der Waals surface area contributed by atoms with Gasteiger partial charge < -0.3 is 10.0 Å². The first kappa shape index (κ1) is 26.4. The van der Waals surface area contributed by atoms with Crippen molar-refractivity contribution < 1.29 is 14.7 Å². The highest BCUT2D eigenvalue weighted by atomic mass is 79.9. The molecule has 3 atom stereocenters. The Kier molecular flexibility index (Phi) is 7.09. The van der Waals surface area contributed by atoms with Crippen LogP contribution in [0.25, 0.3) is 0 Å². The van der Waals surface area contributed by atoms with Gasteiger partial charge in [0.05, 0.1) is 12.0 Å². The summed E-state index contributed by atoms with van der Waals surface area (Å²) in [4.78, 5) is 33.5. The van der Waals surface area contributed by atoms with E-state index in [0.717, 1.165) is 10.0 Å². The van der Waals surface area contributed by atoms with E-state index in [1.165, 1.54) is 11.3 Å². The number of halogens is 1. The van der Waals surface area contributed by atoms with Gasteiger partial charge in [-0.25, -0.2) is 14.5 Å². The number of carbonyl (C=O) groups excluding carboxylic acids is 1. The zero-order valence-corrected chi connectivity index (χ0v) is 23.7. The van der Waals surface area contributed by atoms with E-state index in [1.807, 2.05) is 25.3 Å². The van der Waals surface area contributed by atoms with E-state index < -0.39 is 23.5 Å². The average Bonchev–Trinajstić information content (AvgIpc) is 3.50. The van der Waals surface area contributed by atoms with Crippen LogP contribution in [0.3, 0.4) is 0 Å². The molecule has 1 amide bonds. The van der Waals surface area contributed by atoms with Crippen molar-refractivity contribution in [2.75, 3.05) is 0 Å². The molecule has 9 nitrogen and oxygen atoms in total. The minimum Gasteiger partial charge on any atom is -0.479 e. The van der Waals surface area contributed by atoms with Gasteiger partial charge in [-0.2, -0.15) is 0 Å². The molecule has 1 aromatic carbocycles. The summed E-state index contributed by atoms with van der Waals surface area (Å²) in [5.41, 5.74) is -0.0920. The molecule has 0 radical (unpaired) electrons. The third-order valence-corrected chi connectivity index (χ3v) is 8.26. The lowest BCUT2D eigenvalue weighted by molar-refractivity contribution is -0.150. The van der Waals surface area contributed by atoms with Crippen molar-refractivity contribution in [1.82, 2.24) is 30.1 Å². The third-order valence-electron chi connectivity index (χ3n) is 6.75. The van der Waals surface area contributed by atoms with Gasteiger partial charge in [0.15, 0.2) is 5.82 Å². The number of likely N-dealkylation sites (tertiary alicyclic amines) is 1. The van der Waals surface area contributed by atoms with Crippen molar-refractivity contribution in [2.45, 2.75) is 70.4 Å². The summed E-state index contributed by atoms with van der Waals surface area (Å²) in [6, 6.07) is 4.88. The van der Waals surface area contributed by atoms with Crippen molar-refractivity contribution in [2.24, 2.45) is 13.0 Å². The Morgan fingerprint density at radius 1 is 1.31 bits per heavy atom. The molecule has 4 rings (SSSR count). The minimum absolute atomic E-state index is 0.0275. The Morgan fingerprint density at radius 2 is 2.03 bits per heavy atom. The molecule has 0 saturated carbocycles. The second kappa shape index (κ2) is 9.66. The van der Waals surface area contributed by atoms with Crippen LogP contribution < -0.4 is 0 Å². The summed E-state index contributed by atoms with van der Waals surface area (Å²) in [5.74, 6) is -1.26. The zero-order chi connectivity index (χ0) is 26.4. The molecule has 1 aliphatic heterocycles. The predicted molar refractivity (Wildman–Crippen MR) is 140 cm³/mol. The van der Waals surface area contributed by atoms with Crippen LogP contribution in [0.1, 0.15) is 86.2 Å². The maximum Gasteiger partial charge on any atom is 0.329 e. The van der Waals surface area contributed by atoms with Gasteiger partial charge >= 0.3 is 5.97 Å². The van der Waals surface area contributed by atoms with Gasteiger partial charge in [-0.15, -0.1) is 16.4 Å². The van der Waals surface area contributed by atoms with E-state index in [1.54, 1.807) is 35.0 Å². The van der Waals surface area contributed by atoms with Crippen LogP contribution in [0.4, 0.5) is 0 Å². The fourth-order valence-electron chi connectivity index (χ4n) is 5.32. The monoisotopic (exact) mass is 574 g/mol. The number of nitrogens with zero attached hydrogens (tertiary/aromatic N) is 6. The van der Waals surface area contributed by atoms with Crippen LogP contribution in [0.15, 0.2) is 34.2 Å². The highest BCUT2D eigenvalue weighted by Gasteiger charge is 2.61. The van der Waals surface area contributed by atoms with Gasteiger partial charge in [-0.3, -0.25) is 4.79 Å². The first-order valence-electron chi connectivity index (χ1n) is 11.9. The topological polar surface area (TPSA) is 114 Å². The second-order valence-corrected chi connectivity index (χ2v) is 12.6. The molecule has 11 heteroatoms. The number of benzene rings is 1. The fraction of sp³-hybridized carbons (Fsp3) is 0.520. The molecule has 0 bridgehead atoms. The Morgan fingerprint density at radius 3 is 2.53 bits per heavy atom. The van der Waals surface area contributed by atoms with Gasteiger partial charge in [-0.1, -0.05) is 56.6 Å². The smallest absolute Gasteiger partial charge is 0.329 e. The molecule has 3 aromatic rings. The number of amides is 1. The molecule has 192 valence electrons. The van der Waals surface area contributed by atoms with Crippen LogP contribution in [0.2, 0.25) is 0 Å². The van der Waals surface area contributed by atoms with E-state index in [2.05, 4.69) is 57.2 Å². The number of carboxylic acids is 1. The normalized spacial score (nSPS) is 22.4. The molecule has 1 saturated heterocycles. The van der Waals surface area contributed by atoms with Crippen LogP contribution >= 0.6 is 27.3 Å². The van der Waals surface area contributed by atoms with Crippen LogP contribution in [0.5, 0.6) is 0 Å². The van der Waals surface area contributed by atoms with Crippen molar-refractivity contribution in [1.29, 1.82) is 0 Å². The summed E-state index contributed by atoms with van der Waals surface area (Å²) in [7, 11) is 1.73. The van der Waals surface area contributed by atoms with Gasteiger partial charge in [0.1, 0.15) is 10.5 Å². The summed E-state index contributed by atoms with van der Waals surface area (Å²) < 4.78 is 2.36. The lowest BCUT2D eigenvalue weighted by atomic mass is 9.83. The van der Waals surface area contributed by atoms with Gasteiger partial charge in [0.2, 0.25) is 0 Å². The highest BCUT2D eigenvalue weighted by molar-refractivity contribution is 9.10. The van der Waals surface area contributed by atoms with Crippen LogP contribution in [-0.4, -0.2) is 52.6 Å². The van der Waals surface area contributed by atoms with E-state index in [0.29, 0.717) is 22.8 Å². The van der Waals surface area contributed by atoms with Gasteiger partial charge in [0, 0.05) is 28.7 Å². The number of carboxylic acid groups (broad SMARTS) is 1. The summed E-state index contributed by atoms with van der Waals surface area (Å²) in [5, 5.41) is 25.2. The van der Waals surface area contributed by atoms with Crippen LogP contribution in [0, 0.1) is 5.92 Å². The van der Waals surface area contributed by atoms with Gasteiger partial charge in [-0.05, 0) is 52.3 Å². The summed E-state index contributed by atoms with van der Waals surface area (Å²) >= 11 is 5.04. The Hall–Kier alpha value is -2.66. The number of aliphatic carboxylic acids is 1. The first-order valence-corrected chi connectivity index (χ1v) is 13.5. The number of hydrogen-bond donors (Lipinski definition) is 1. The molecule has 0 unspecified atom stereocenters. The van der Waals surface area contributed by atoms with Crippen LogP contribution in [-0.2, 0) is 17.3 Å². The molecule has 36 heavy (non-hydrogen) atoms. The number of rotatable bonds is 6. The molecule has 1 fully saturated rings. The number of hydrogen-bond acceptors (Lipinski definition) is 7. The van der Waals surface area contributed by atoms with E-state index >= 15 is 0 Å². The minimum atomic E-state index is -1.45. The molecule has 0 spiro atoms. The largest absolute Gasteiger partial charge is 0.479 e. The third kappa shape index (κ3) is 4.58. The summed E-state index contributed by atoms with van der Waals surface area (Å²) in [6.45, 7) is 10.2. The Bertz CT molecular complexity index is 1270. The average molecular weight is 576 g/mol. The Labute approximate surface area is 223 Å². The van der Waals surface area contributed by atoms with Gasteiger partial charge in [0.25, 0.3) is 5.91 Å². The SMILES string of the molecule is CC(C)C[C@@]1(C(=O)O)C[C@H](c2nnnn2C)[C@H](c2nccs2)N1C(=O)c1ccc(C(C)(C)C)c(Br)c1. The number of thiazole rings is 1. The lowest BCUT2D eigenvalue weighted by Gasteiger charge is -2.38. The van der Waals surface area contributed by atoms with Crippen molar-refractivity contribution in [3.8, 4) is 0 Å². The maximum atomic E-state index is 14.3. The Balaban J connectivity index is 1.92. The zero-order valence-electron chi connectivity index (χ0n) is 21.3. The van der Waals surface area contributed by atoms with Crippen molar-refractivity contribution in [3.05, 3.63) is 56.2 Å². The molecular weight excluding hydrogens is 544 g/mol. The highest BCUT2D eigenvalue weighted by Crippen LogP contribution is 2.54. The number of carbonyl (C=O) groups is 2. The maximum absolute atomic E-state index is 14.3. The molecule has 2 aromatic heterocycles. The standard InChI is InChI=1S/C25H31BrN6O3S/c1-14(2)12-25(23(34)35)13-16(20-28-29-30-31(20)6)19(21-27-9-10-36-21)32(25)22(33)15-7-8-17(18(26)11-15)24(3,4)5/h7-11,14,16,19H,12-13H2,1-6H3,(H,34,35)/t16-,19+,25-/m0/s1. The molecule has 3 heterocycles. The number of aromatic nitrogens is 5. The quantitative estimate of drug-likeness (QED) is 0.442. The second-order valence-electron chi connectivity index (χ2n) is 10.8. The molecular formula is C25H31BrN6O3S. The summed E-state index contributed by atoms with van der Waals surface area (Å²) in [6.07, 6.45) is 2.15. The first-order chi connectivity index (χ1) is 16.9. The van der Waals surface area contributed by atoms with Crippen molar-refractivity contribution >= 4 is 39.1 Å². The predicted octanol–water partition coefficient (Wildman–Crippen LogP) is 4.97. The molecule has 1 aliphatic rings. The van der Waals surface area contributed by atoms with E-state index in [9.17, 15) is 14.7 Å². The van der Waals surface area contributed by atoms with E-state index in [4.69, 9.17) is 0 Å². The molecule has 1 N–H and O–H groups in total. The number of aryl methyl sites for hydroxylation is 1. The molecule has 0 aliphatic carbocycles. The lowest BCUT2D eigenvalue weighted by Crippen LogP contribution is -2.54. The fourth-order valence-corrected chi connectivity index (χ4v) is 7.08. The number of tetrazole rings is 1. The van der Waals surface area contributed by atoms with Crippen molar-refractivity contribution in [3.63, 3.8) is 0 Å². The van der Waals surface area contributed by atoms with E-state index in [-0.39, 0.29) is 23.7 Å².